The Kier molecular flexibility index (Phi) is 2.95. The summed E-state index contributed by atoms with van der Waals surface area (Å²) in [5.41, 5.74) is 1.14. The highest BCUT2D eigenvalue weighted by Crippen LogP contribution is 2.19. The van der Waals surface area contributed by atoms with Crippen LogP contribution in [0.1, 0.15) is 13.3 Å². The lowest BCUT2D eigenvalue weighted by Crippen LogP contribution is -2.43. The Morgan fingerprint density at radius 3 is 2.87 bits per heavy atom. The minimum absolute atomic E-state index is 0.588. The third-order valence-corrected chi connectivity index (χ3v) is 3.17. The second kappa shape index (κ2) is 4.23. The van der Waals surface area contributed by atoms with Gasteiger partial charge in [-0.15, -0.1) is 0 Å². The van der Waals surface area contributed by atoms with Crippen LogP contribution in [0.15, 0.2) is 12.4 Å². The molecule has 0 bridgehead atoms. The van der Waals surface area contributed by atoms with Crippen molar-refractivity contribution in [2.45, 2.75) is 19.4 Å². The van der Waals surface area contributed by atoms with Crippen molar-refractivity contribution in [2.24, 2.45) is 13.0 Å². The lowest BCUT2D eigenvalue weighted by molar-refractivity contribution is 0.206. The lowest BCUT2D eigenvalue weighted by atomic mass is 9.94. The Labute approximate surface area is 91.3 Å². The molecule has 15 heavy (non-hydrogen) atoms. The highest BCUT2D eigenvalue weighted by Gasteiger charge is 2.23. The molecule has 1 aliphatic heterocycles. The van der Waals surface area contributed by atoms with Gasteiger partial charge in [0, 0.05) is 25.8 Å². The third kappa shape index (κ3) is 2.50. The second-order valence-corrected chi connectivity index (χ2v) is 4.68. The first kappa shape index (κ1) is 10.5. The van der Waals surface area contributed by atoms with Crippen LogP contribution in [0, 0.1) is 5.92 Å². The van der Waals surface area contributed by atoms with Crippen LogP contribution in [-0.2, 0) is 7.05 Å². The first-order chi connectivity index (χ1) is 7.15. The number of nitrogens with one attached hydrogen (secondary N) is 1. The Morgan fingerprint density at radius 1 is 1.47 bits per heavy atom. The van der Waals surface area contributed by atoms with Crippen molar-refractivity contribution >= 4 is 5.69 Å². The van der Waals surface area contributed by atoms with Crippen molar-refractivity contribution in [3.8, 4) is 0 Å². The molecule has 2 heterocycles. The lowest BCUT2D eigenvalue weighted by Gasteiger charge is -2.35. The van der Waals surface area contributed by atoms with E-state index in [4.69, 9.17) is 0 Å². The molecule has 1 aromatic rings. The summed E-state index contributed by atoms with van der Waals surface area (Å²) in [5, 5.41) is 7.73. The van der Waals surface area contributed by atoms with E-state index < -0.39 is 0 Å². The molecule has 1 saturated heterocycles. The number of hydrogen-bond acceptors (Lipinski definition) is 3. The molecule has 84 valence electrons. The molecular weight excluding hydrogens is 188 g/mol. The molecule has 0 amide bonds. The predicted octanol–water partition coefficient (Wildman–Crippen LogP) is 1.17. The van der Waals surface area contributed by atoms with E-state index in [1.807, 2.05) is 24.1 Å². The largest absolute Gasteiger partial charge is 0.379 e. The van der Waals surface area contributed by atoms with Gasteiger partial charge >= 0.3 is 0 Å². The van der Waals surface area contributed by atoms with Gasteiger partial charge in [-0.3, -0.25) is 4.68 Å². The van der Waals surface area contributed by atoms with Crippen LogP contribution in [0.4, 0.5) is 5.69 Å². The summed E-state index contributed by atoms with van der Waals surface area (Å²) in [4.78, 5) is 2.39. The molecule has 0 aromatic carbocycles. The maximum absolute atomic E-state index is 4.17. The van der Waals surface area contributed by atoms with Crippen LogP contribution in [-0.4, -0.2) is 40.9 Å². The molecule has 0 aliphatic carbocycles. The first-order valence-electron chi connectivity index (χ1n) is 5.59. The molecule has 0 radical (unpaired) electrons. The van der Waals surface area contributed by atoms with Gasteiger partial charge in [0.05, 0.1) is 11.9 Å². The van der Waals surface area contributed by atoms with E-state index in [1.165, 1.54) is 19.5 Å². The van der Waals surface area contributed by atoms with Gasteiger partial charge in [0.25, 0.3) is 0 Å². The smallest absolute Gasteiger partial charge is 0.0728 e. The van der Waals surface area contributed by atoms with E-state index in [2.05, 4.69) is 29.3 Å². The molecule has 4 heteroatoms. The molecule has 0 spiro atoms. The fraction of sp³-hybridized carbons (Fsp3) is 0.727. The van der Waals surface area contributed by atoms with Crippen molar-refractivity contribution in [1.29, 1.82) is 0 Å². The summed E-state index contributed by atoms with van der Waals surface area (Å²) < 4.78 is 1.84. The summed E-state index contributed by atoms with van der Waals surface area (Å²) >= 11 is 0. The van der Waals surface area contributed by atoms with Crippen LogP contribution in [0.2, 0.25) is 0 Å². The van der Waals surface area contributed by atoms with Crippen LogP contribution in [0.5, 0.6) is 0 Å². The monoisotopic (exact) mass is 208 g/mol. The van der Waals surface area contributed by atoms with Gasteiger partial charge in [0.15, 0.2) is 0 Å². The summed E-state index contributed by atoms with van der Waals surface area (Å²) in [5.74, 6) is 0.698. The van der Waals surface area contributed by atoms with Crippen LogP contribution < -0.4 is 5.32 Å². The number of piperidine rings is 1. The van der Waals surface area contributed by atoms with E-state index in [9.17, 15) is 0 Å². The van der Waals surface area contributed by atoms with E-state index in [0.29, 0.717) is 12.0 Å². The topological polar surface area (TPSA) is 33.1 Å². The minimum Gasteiger partial charge on any atom is -0.379 e. The summed E-state index contributed by atoms with van der Waals surface area (Å²) in [6, 6.07) is 0.588. The number of rotatable bonds is 2. The maximum Gasteiger partial charge on any atom is 0.0728 e. The molecule has 0 unspecified atom stereocenters. The number of likely N-dealkylation sites (tertiary alicyclic amines) is 1. The molecule has 1 fully saturated rings. The molecule has 4 nitrogen and oxygen atoms in total. The average molecular weight is 208 g/mol. The summed E-state index contributed by atoms with van der Waals surface area (Å²) in [6.07, 6.45) is 5.14. The molecular formula is C11H20N4. The van der Waals surface area contributed by atoms with E-state index in [-0.39, 0.29) is 0 Å². The molecule has 2 rings (SSSR count). The van der Waals surface area contributed by atoms with Gasteiger partial charge in [-0.05, 0) is 25.9 Å². The summed E-state index contributed by atoms with van der Waals surface area (Å²) in [6.45, 7) is 4.67. The number of hydrogen-bond donors (Lipinski definition) is 1. The normalized spacial score (nSPS) is 27.9. The SMILES string of the molecule is C[C@@H]1CN(C)CC[C@H]1Nc1cnn(C)c1. The zero-order valence-electron chi connectivity index (χ0n) is 9.77. The van der Waals surface area contributed by atoms with Gasteiger partial charge in [-0.2, -0.15) is 5.10 Å². The van der Waals surface area contributed by atoms with Gasteiger partial charge in [0.2, 0.25) is 0 Å². The third-order valence-electron chi connectivity index (χ3n) is 3.17. The van der Waals surface area contributed by atoms with Gasteiger partial charge in [-0.1, -0.05) is 6.92 Å². The van der Waals surface area contributed by atoms with Crippen LogP contribution in [0.25, 0.3) is 0 Å². The molecule has 2 atom stereocenters. The number of anilines is 1. The molecule has 1 aromatic heterocycles. The number of nitrogens with zero attached hydrogens (tertiary/aromatic N) is 3. The highest BCUT2D eigenvalue weighted by atomic mass is 15.3. The molecule has 1 aliphatic rings. The fourth-order valence-electron chi connectivity index (χ4n) is 2.28. The van der Waals surface area contributed by atoms with Crippen molar-refractivity contribution in [1.82, 2.24) is 14.7 Å². The van der Waals surface area contributed by atoms with E-state index in [1.54, 1.807) is 0 Å². The molecule has 1 N–H and O–H groups in total. The summed E-state index contributed by atoms with van der Waals surface area (Å²) in [7, 11) is 4.14. The van der Waals surface area contributed by atoms with Gasteiger partial charge in [-0.25, -0.2) is 0 Å². The van der Waals surface area contributed by atoms with Crippen molar-refractivity contribution in [3.05, 3.63) is 12.4 Å². The Bertz CT molecular complexity index is 320. The fourth-order valence-corrected chi connectivity index (χ4v) is 2.28. The van der Waals surface area contributed by atoms with E-state index >= 15 is 0 Å². The predicted molar refractivity (Wildman–Crippen MR) is 61.9 cm³/mol. The van der Waals surface area contributed by atoms with Crippen LogP contribution >= 0.6 is 0 Å². The minimum atomic E-state index is 0.588. The van der Waals surface area contributed by atoms with E-state index in [0.717, 1.165) is 5.69 Å². The number of aromatic nitrogens is 2. The quantitative estimate of drug-likeness (QED) is 0.792. The average Bonchev–Trinajstić information content (AvgIpc) is 2.56. The second-order valence-electron chi connectivity index (χ2n) is 4.68. The van der Waals surface area contributed by atoms with Gasteiger partial charge in [0.1, 0.15) is 0 Å². The zero-order chi connectivity index (χ0) is 10.8. The zero-order valence-corrected chi connectivity index (χ0v) is 9.77. The highest BCUT2D eigenvalue weighted by molar-refractivity contribution is 5.39. The van der Waals surface area contributed by atoms with Crippen LogP contribution in [0.3, 0.4) is 0 Å². The standard InChI is InChI=1S/C11H20N4/c1-9-7-14(2)5-4-11(9)13-10-6-12-15(3)8-10/h6,8-9,11,13H,4-5,7H2,1-3H3/t9-,11-/m1/s1. The number of aryl methyl sites for hydroxylation is 1. The Morgan fingerprint density at radius 2 is 2.27 bits per heavy atom. The maximum atomic E-state index is 4.17. The Hall–Kier alpha value is -1.03. The Balaban J connectivity index is 1.94. The van der Waals surface area contributed by atoms with Crippen molar-refractivity contribution in [3.63, 3.8) is 0 Å². The van der Waals surface area contributed by atoms with Crippen molar-refractivity contribution < 1.29 is 0 Å². The first-order valence-corrected chi connectivity index (χ1v) is 5.59. The van der Waals surface area contributed by atoms with Crippen molar-refractivity contribution in [2.75, 3.05) is 25.5 Å². The van der Waals surface area contributed by atoms with Gasteiger partial charge < -0.3 is 10.2 Å². The molecule has 0 saturated carbocycles.